The first-order valence-electron chi connectivity index (χ1n) is 6.52. The van der Waals surface area contributed by atoms with Crippen LogP contribution in [0.25, 0.3) is 0 Å². The Morgan fingerprint density at radius 3 is 2.74 bits per heavy atom. The third-order valence-electron chi connectivity index (χ3n) is 4.03. The standard InChI is InChI=1S/C14H17ClN2O.ClH/c15-12-3-1-10(2-4-12)14(18)17-8-6-13-11(9-17)5-7-16-13;/h1-4,11,13,16H,5-9H2;1H. The second-order valence-electron chi connectivity index (χ2n) is 5.16. The van der Waals surface area contributed by atoms with Crippen molar-refractivity contribution in [3.05, 3.63) is 34.9 Å². The van der Waals surface area contributed by atoms with E-state index >= 15 is 0 Å². The molecule has 104 valence electrons. The van der Waals surface area contributed by atoms with E-state index in [4.69, 9.17) is 11.6 Å². The van der Waals surface area contributed by atoms with Crippen LogP contribution in [0.15, 0.2) is 24.3 Å². The summed E-state index contributed by atoms with van der Waals surface area (Å²) in [7, 11) is 0. The Morgan fingerprint density at radius 1 is 1.26 bits per heavy atom. The number of hydrogen-bond acceptors (Lipinski definition) is 2. The molecule has 0 radical (unpaired) electrons. The molecule has 0 saturated carbocycles. The van der Waals surface area contributed by atoms with Crippen LogP contribution in [-0.4, -0.2) is 36.5 Å². The highest BCUT2D eigenvalue weighted by atomic mass is 35.5. The summed E-state index contributed by atoms with van der Waals surface area (Å²) >= 11 is 5.84. The fraction of sp³-hybridized carbons (Fsp3) is 0.500. The molecular formula is C14H18Cl2N2O. The molecule has 0 aromatic heterocycles. The van der Waals surface area contributed by atoms with Crippen molar-refractivity contribution in [1.82, 2.24) is 10.2 Å². The number of rotatable bonds is 1. The fourth-order valence-electron chi connectivity index (χ4n) is 3.01. The van der Waals surface area contributed by atoms with Gasteiger partial charge in [0, 0.05) is 29.7 Å². The summed E-state index contributed by atoms with van der Waals surface area (Å²) in [5, 5.41) is 4.18. The van der Waals surface area contributed by atoms with Gasteiger partial charge in [0.05, 0.1) is 0 Å². The smallest absolute Gasteiger partial charge is 0.253 e. The van der Waals surface area contributed by atoms with Crippen LogP contribution in [0.5, 0.6) is 0 Å². The molecule has 3 nitrogen and oxygen atoms in total. The van der Waals surface area contributed by atoms with Crippen LogP contribution in [0.3, 0.4) is 0 Å². The van der Waals surface area contributed by atoms with E-state index in [1.165, 1.54) is 6.42 Å². The maximum Gasteiger partial charge on any atom is 0.253 e. The second-order valence-corrected chi connectivity index (χ2v) is 5.59. The highest BCUT2D eigenvalue weighted by Gasteiger charge is 2.34. The predicted octanol–water partition coefficient (Wildman–Crippen LogP) is 2.59. The van der Waals surface area contributed by atoms with Gasteiger partial charge >= 0.3 is 0 Å². The Bertz CT molecular complexity index is 449. The van der Waals surface area contributed by atoms with E-state index in [1.54, 1.807) is 12.1 Å². The van der Waals surface area contributed by atoms with Crippen LogP contribution in [0.1, 0.15) is 23.2 Å². The van der Waals surface area contributed by atoms with Gasteiger partial charge in [0.15, 0.2) is 0 Å². The number of fused-ring (bicyclic) bond motifs is 1. The van der Waals surface area contributed by atoms with E-state index in [0.717, 1.165) is 31.6 Å². The zero-order valence-corrected chi connectivity index (χ0v) is 12.2. The number of nitrogens with zero attached hydrogens (tertiary/aromatic N) is 1. The monoisotopic (exact) mass is 300 g/mol. The average Bonchev–Trinajstić information content (AvgIpc) is 2.86. The topological polar surface area (TPSA) is 32.3 Å². The van der Waals surface area contributed by atoms with Crippen molar-refractivity contribution in [1.29, 1.82) is 0 Å². The SMILES string of the molecule is Cl.O=C(c1ccc(Cl)cc1)N1CCC2NCCC2C1. The lowest BCUT2D eigenvalue weighted by atomic mass is 9.93. The number of carbonyl (C=O) groups excluding carboxylic acids is 1. The third kappa shape index (κ3) is 3.04. The Labute approximate surface area is 124 Å². The summed E-state index contributed by atoms with van der Waals surface area (Å²) in [6.07, 6.45) is 2.26. The van der Waals surface area contributed by atoms with E-state index < -0.39 is 0 Å². The van der Waals surface area contributed by atoms with E-state index in [-0.39, 0.29) is 18.3 Å². The number of amides is 1. The largest absolute Gasteiger partial charge is 0.338 e. The summed E-state index contributed by atoms with van der Waals surface area (Å²) in [6, 6.07) is 7.80. The van der Waals surface area contributed by atoms with Gasteiger partial charge in [-0.1, -0.05) is 11.6 Å². The number of hydrogen-bond donors (Lipinski definition) is 1. The lowest BCUT2D eigenvalue weighted by Crippen LogP contribution is -2.46. The van der Waals surface area contributed by atoms with Crippen molar-refractivity contribution >= 4 is 29.9 Å². The molecule has 1 amide bonds. The minimum absolute atomic E-state index is 0. The fourth-order valence-corrected chi connectivity index (χ4v) is 3.13. The molecule has 1 N–H and O–H groups in total. The molecule has 1 aromatic carbocycles. The molecule has 2 aliphatic rings. The zero-order chi connectivity index (χ0) is 12.5. The Kier molecular flexibility index (Phi) is 4.71. The molecule has 2 saturated heterocycles. The van der Waals surface area contributed by atoms with Gasteiger partial charge in [-0.05, 0) is 49.6 Å². The van der Waals surface area contributed by atoms with Gasteiger partial charge in [-0.25, -0.2) is 0 Å². The van der Waals surface area contributed by atoms with Gasteiger partial charge < -0.3 is 10.2 Å². The number of carbonyl (C=O) groups is 1. The first kappa shape index (κ1) is 14.6. The summed E-state index contributed by atoms with van der Waals surface area (Å²) in [5.41, 5.74) is 0.740. The molecule has 19 heavy (non-hydrogen) atoms. The van der Waals surface area contributed by atoms with E-state index in [0.29, 0.717) is 17.0 Å². The summed E-state index contributed by atoms with van der Waals surface area (Å²) in [6.45, 7) is 2.84. The summed E-state index contributed by atoms with van der Waals surface area (Å²) < 4.78 is 0. The lowest BCUT2D eigenvalue weighted by Gasteiger charge is -2.34. The van der Waals surface area contributed by atoms with Crippen molar-refractivity contribution in [3.63, 3.8) is 0 Å². The first-order valence-corrected chi connectivity index (χ1v) is 6.90. The van der Waals surface area contributed by atoms with Gasteiger partial charge in [0.25, 0.3) is 5.91 Å². The molecule has 2 unspecified atom stereocenters. The minimum atomic E-state index is 0. The van der Waals surface area contributed by atoms with Crippen molar-refractivity contribution in [2.24, 2.45) is 5.92 Å². The van der Waals surface area contributed by atoms with Crippen molar-refractivity contribution in [3.8, 4) is 0 Å². The Morgan fingerprint density at radius 2 is 2.00 bits per heavy atom. The molecule has 2 heterocycles. The summed E-state index contributed by atoms with van der Waals surface area (Å²) in [5.74, 6) is 0.770. The number of nitrogens with one attached hydrogen (secondary N) is 1. The normalized spacial score (nSPS) is 25.6. The molecule has 5 heteroatoms. The molecule has 2 aliphatic heterocycles. The van der Waals surface area contributed by atoms with E-state index in [9.17, 15) is 4.79 Å². The molecular weight excluding hydrogens is 283 g/mol. The van der Waals surface area contributed by atoms with Crippen molar-refractivity contribution in [2.75, 3.05) is 19.6 Å². The van der Waals surface area contributed by atoms with Crippen molar-refractivity contribution < 1.29 is 4.79 Å². The molecule has 1 aromatic rings. The predicted molar refractivity (Wildman–Crippen MR) is 79.1 cm³/mol. The first-order chi connectivity index (χ1) is 8.74. The molecule has 0 bridgehead atoms. The van der Waals surface area contributed by atoms with Crippen LogP contribution in [0.2, 0.25) is 5.02 Å². The number of likely N-dealkylation sites (tertiary alicyclic amines) is 1. The maximum absolute atomic E-state index is 12.4. The average molecular weight is 301 g/mol. The van der Waals surface area contributed by atoms with Gasteiger partial charge in [-0.3, -0.25) is 4.79 Å². The van der Waals surface area contributed by atoms with E-state index in [1.807, 2.05) is 17.0 Å². The molecule has 2 atom stereocenters. The molecule has 0 spiro atoms. The van der Waals surface area contributed by atoms with Crippen LogP contribution >= 0.6 is 24.0 Å². The van der Waals surface area contributed by atoms with Crippen molar-refractivity contribution in [2.45, 2.75) is 18.9 Å². The van der Waals surface area contributed by atoms with Gasteiger partial charge in [-0.15, -0.1) is 12.4 Å². The Balaban J connectivity index is 0.00000133. The van der Waals surface area contributed by atoms with E-state index in [2.05, 4.69) is 5.32 Å². The minimum Gasteiger partial charge on any atom is -0.338 e. The molecule has 0 aliphatic carbocycles. The van der Waals surface area contributed by atoms with Gasteiger partial charge in [-0.2, -0.15) is 0 Å². The summed E-state index contributed by atoms with van der Waals surface area (Å²) in [4.78, 5) is 14.3. The molecule has 3 rings (SSSR count). The van der Waals surface area contributed by atoms with Gasteiger partial charge in [0.1, 0.15) is 0 Å². The number of piperidine rings is 1. The van der Waals surface area contributed by atoms with Crippen LogP contribution < -0.4 is 5.32 Å². The molecule has 2 fully saturated rings. The quantitative estimate of drug-likeness (QED) is 0.864. The lowest BCUT2D eigenvalue weighted by molar-refractivity contribution is 0.0662. The number of halogens is 2. The number of benzene rings is 1. The maximum atomic E-state index is 12.4. The third-order valence-corrected chi connectivity index (χ3v) is 4.29. The Hall–Kier alpha value is -0.770. The van der Waals surface area contributed by atoms with Crippen LogP contribution in [-0.2, 0) is 0 Å². The highest BCUT2D eigenvalue weighted by Crippen LogP contribution is 2.25. The highest BCUT2D eigenvalue weighted by molar-refractivity contribution is 6.30. The van der Waals surface area contributed by atoms with Gasteiger partial charge in [0.2, 0.25) is 0 Å². The second kappa shape index (κ2) is 6.12. The van der Waals surface area contributed by atoms with Crippen LogP contribution in [0, 0.1) is 5.92 Å². The van der Waals surface area contributed by atoms with Crippen LogP contribution in [0.4, 0.5) is 0 Å². The zero-order valence-electron chi connectivity index (χ0n) is 10.6.